The minimum absolute atomic E-state index is 0.223. The van der Waals surface area contributed by atoms with E-state index in [1.807, 2.05) is 6.92 Å². The third kappa shape index (κ3) is 2.53. The van der Waals surface area contributed by atoms with Crippen molar-refractivity contribution in [1.82, 2.24) is 15.3 Å². The number of aliphatic hydroxyl groups excluding tert-OH is 1. The fraction of sp³-hybridized carbons (Fsp3) is 0.600. The number of aryl methyl sites for hydroxylation is 1. The third-order valence-electron chi connectivity index (χ3n) is 2.63. The van der Waals surface area contributed by atoms with Gasteiger partial charge in [-0.25, -0.2) is 9.97 Å². The first-order chi connectivity index (χ1) is 7.16. The highest BCUT2D eigenvalue weighted by atomic mass is 79.9. The molecule has 0 radical (unpaired) electrons. The molecule has 1 fully saturated rings. The molecule has 1 aromatic heterocycles. The Kier molecular flexibility index (Phi) is 3.33. The molecular formula is C10H14BrN3O. The summed E-state index contributed by atoms with van der Waals surface area (Å²) in [6.45, 7) is 3.46. The van der Waals surface area contributed by atoms with Crippen LogP contribution in [0.4, 0.5) is 0 Å². The van der Waals surface area contributed by atoms with Crippen molar-refractivity contribution in [1.29, 1.82) is 0 Å². The van der Waals surface area contributed by atoms with Crippen LogP contribution in [0.15, 0.2) is 10.7 Å². The van der Waals surface area contributed by atoms with E-state index in [0.29, 0.717) is 6.54 Å². The molecule has 1 aliphatic heterocycles. The molecular weight excluding hydrogens is 258 g/mol. The van der Waals surface area contributed by atoms with Gasteiger partial charge >= 0.3 is 0 Å². The summed E-state index contributed by atoms with van der Waals surface area (Å²) in [7, 11) is 0. The molecule has 0 aromatic carbocycles. The van der Waals surface area contributed by atoms with Gasteiger partial charge in [-0.05, 0) is 29.3 Å². The number of nitrogens with one attached hydrogen (secondary N) is 1. The van der Waals surface area contributed by atoms with Gasteiger partial charge in [-0.15, -0.1) is 0 Å². The van der Waals surface area contributed by atoms with Gasteiger partial charge in [0.15, 0.2) is 0 Å². The summed E-state index contributed by atoms with van der Waals surface area (Å²) in [6.07, 6.45) is 2.24. The van der Waals surface area contributed by atoms with Crippen LogP contribution in [-0.4, -0.2) is 34.3 Å². The van der Waals surface area contributed by atoms with E-state index in [2.05, 4.69) is 31.2 Å². The number of piperidine rings is 1. The van der Waals surface area contributed by atoms with Crippen molar-refractivity contribution in [3.8, 4) is 0 Å². The second-order valence-electron chi connectivity index (χ2n) is 3.91. The maximum absolute atomic E-state index is 9.54. The lowest BCUT2D eigenvalue weighted by atomic mass is 9.97. The Morgan fingerprint density at radius 3 is 3.00 bits per heavy atom. The van der Waals surface area contributed by atoms with E-state index in [-0.39, 0.29) is 12.0 Å². The summed E-state index contributed by atoms with van der Waals surface area (Å²) in [5.41, 5.74) is 0.945. The number of hydrogen-bond acceptors (Lipinski definition) is 4. The van der Waals surface area contributed by atoms with Crippen LogP contribution in [-0.2, 0) is 0 Å². The minimum Gasteiger partial charge on any atom is -0.392 e. The average molecular weight is 272 g/mol. The lowest BCUT2D eigenvalue weighted by molar-refractivity contribution is 0.130. The molecule has 2 heterocycles. The molecule has 0 bridgehead atoms. The fourth-order valence-electron chi connectivity index (χ4n) is 1.78. The number of nitrogens with zero attached hydrogens (tertiary/aromatic N) is 2. The molecule has 2 atom stereocenters. The zero-order valence-corrected chi connectivity index (χ0v) is 10.2. The smallest absolute Gasteiger partial charge is 0.133 e. The Bertz CT molecular complexity index is 359. The van der Waals surface area contributed by atoms with Crippen LogP contribution in [0.5, 0.6) is 0 Å². The maximum atomic E-state index is 9.54. The SMILES string of the molecule is Cc1nc(C2CNCC(O)C2)ncc1Br. The van der Waals surface area contributed by atoms with Gasteiger partial charge in [0.05, 0.1) is 16.3 Å². The van der Waals surface area contributed by atoms with E-state index in [1.165, 1.54) is 0 Å². The van der Waals surface area contributed by atoms with Crippen molar-refractivity contribution < 1.29 is 5.11 Å². The highest BCUT2D eigenvalue weighted by Gasteiger charge is 2.23. The second-order valence-corrected chi connectivity index (χ2v) is 4.76. The Balaban J connectivity index is 2.18. The quantitative estimate of drug-likeness (QED) is 0.800. The highest BCUT2D eigenvalue weighted by molar-refractivity contribution is 9.10. The average Bonchev–Trinajstić information content (AvgIpc) is 2.22. The minimum atomic E-state index is -0.281. The van der Waals surface area contributed by atoms with Gasteiger partial charge in [-0.2, -0.15) is 0 Å². The summed E-state index contributed by atoms with van der Waals surface area (Å²) in [5, 5.41) is 12.7. The molecule has 0 amide bonds. The van der Waals surface area contributed by atoms with Crippen molar-refractivity contribution in [2.24, 2.45) is 0 Å². The zero-order valence-electron chi connectivity index (χ0n) is 8.57. The molecule has 15 heavy (non-hydrogen) atoms. The Morgan fingerprint density at radius 1 is 1.53 bits per heavy atom. The molecule has 4 nitrogen and oxygen atoms in total. The molecule has 82 valence electrons. The molecule has 2 N–H and O–H groups in total. The number of aliphatic hydroxyl groups is 1. The topological polar surface area (TPSA) is 58.0 Å². The third-order valence-corrected chi connectivity index (χ3v) is 3.41. The van der Waals surface area contributed by atoms with Crippen LogP contribution >= 0.6 is 15.9 Å². The first-order valence-corrected chi connectivity index (χ1v) is 5.84. The summed E-state index contributed by atoms with van der Waals surface area (Å²) < 4.78 is 0.926. The predicted molar refractivity (Wildman–Crippen MR) is 60.7 cm³/mol. The number of β-amino-alcohol motifs (C(OH)–C–C–N with tert-alkyl or cyclic N) is 1. The van der Waals surface area contributed by atoms with Gasteiger partial charge in [-0.3, -0.25) is 0 Å². The molecule has 1 aliphatic rings. The van der Waals surface area contributed by atoms with Gasteiger partial charge in [0.25, 0.3) is 0 Å². The summed E-state index contributed by atoms with van der Waals surface area (Å²) in [6, 6.07) is 0. The fourth-order valence-corrected chi connectivity index (χ4v) is 1.97. The molecule has 5 heteroatoms. The van der Waals surface area contributed by atoms with Crippen LogP contribution in [0, 0.1) is 6.92 Å². The summed E-state index contributed by atoms with van der Waals surface area (Å²) in [5.74, 6) is 1.04. The van der Waals surface area contributed by atoms with Crippen LogP contribution < -0.4 is 5.32 Å². The largest absolute Gasteiger partial charge is 0.392 e. The number of halogens is 1. The normalized spacial score (nSPS) is 26.6. The number of hydrogen-bond donors (Lipinski definition) is 2. The van der Waals surface area contributed by atoms with Gasteiger partial charge in [0.2, 0.25) is 0 Å². The Labute approximate surface area is 97.3 Å². The highest BCUT2D eigenvalue weighted by Crippen LogP contribution is 2.22. The van der Waals surface area contributed by atoms with Gasteiger partial charge in [0, 0.05) is 25.2 Å². The molecule has 1 aromatic rings. The van der Waals surface area contributed by atoms with Gasteiger partial charge < -0.3 is 10.4 Å². The van der Waals surface area contributed by atoms with Crippen molar-refractivity contribution in [3.05, 3.63) is 22.2 Å². The van der Waals surface area contributed by atoms with E-state index >= 15 is 0 Å². The van der Waals surface area contributed by atoms with E-state index in [0.717, 1.165) is 29.0 Å². The van der Waals surface area contributed by atoms with Crippen LogP contribution in [0.25, 0.3) is 0 Å². The first kappa shape index (κ1) is 11.0. The van der Waals surface area contributed by atoms with Crippen LogP contribution in [0.2, 0.25) is 0 Å². The van der Waals surface area contributed by atoms with Crippen molar-refractivity contribution >= 4 is 15.9 Å². The summed E-state index contributed by atoms with van der Waals surface area (Å²) in [4.78, 5) is 8.71. The first-order valence-electron chi connectivity index (χ1n) is 5.04. The van der Waals surface area contributed by atoms with Crippen molar-refractivity contribution in [2.75, 3.05) is 13.1 Å². The Hall–Kier alpha value is -0.520. The van der Waals surface area contributed by atoms with E-state index < -0.39 is 0 Å². The Morgan fingerprint density at radius 2 is 2.33 bits per heavy atom. The lowest BCUT2D eigenvalue weighted by Crippen LogP contribution is -2.38. The van der Waals surface area contributed by atoms with E-state index in [4.69, 9.17) is 0 Å². The van der Waals surface area contributed by atoms with E-state index in [1.54, 1.807) is 6.20 Å². The predicted octanol–water partition coefficient (Wildman–Crippen LogP) is 0.985. The lowest BCUT2D eigenvalue weighted by Gasteiger charge is -2.25. The van der Waals surface area contributed by atoms with Crippen molar-refractivity contribution in [2.45, 2.75) is 25.4 Å². The summed E-state index contributed by atoms with van der Waals surface area (Å²) >= 11 is 3.38. The van der Waals surface area contributed by atoms with Crippen LogP contribution in [0.3, 0.4) is 0 Å². The molecule has 0 saturated carbocycles. The van der Waals surface area contributed by atoms with Crippen molar-refractivity contribution in [3.63, 3.8) is 0 Å². The van der Waals surface area contributed by atoms with Crippen LogP contribution in [0.1, 0.15) is 23.9 Å². The number of aromatic nitrogens is 2. The molecule has 0 spiro atoms. The monoisotopic (exact) mass is 271 g/mol. The second kappa shape index (κ2) is 4.55. The maximum Gasteiger partial charge on any atom is 0.133 e. The van der Waals surface area contributed by atoms with Gasteiger partial charge in [-0.1, -0.05) is 0 Å². The molecule has 0 aliphatic carbocycles. The van der Waals surface area contributed by atoms with E-state index in [9.17, 15) is 5.11 Å². The van der Waals surface area contributed by atoms with Gasteiger partial charge in [0.1, 0.15) is 5.82 Å². The molecule has 2 rings (SSSR count). The zero-order chi connectivity index (χ0) is 10.8. The standard InChI is InChI=1S/C10H14BrN3O/c1-6-9(11)5-13-10(14-6)7-2-8(15)4-12-3-7/h5,7-8,12,15H,2-4H2,1H3. The molecule has 1 saturated heterocycles. The number of rotatable bonds is 1. The molecule has 2 unspecified atom stereocenters.